The molecule has 4 rings (SSSR count). The molecular weight excluding hydrogens is 352 g/mol. The number of benzene rings is 2. The normalized spacial score (nSPS) is 13.6. The fraction of sp³-hybridized carbons (Fsp3) is 0.364. The van der Waals surface area contributed by atoms with Crippen LogP contribution in [0.5, 0.6) is 5.75 Å². The summed E-state index contributed by atoms with van der Waals surface area (Å²) in [5.74, 6) is 2.29. The van der Waals surface area contributed by atoms with Gasteiger partial charge in [-0.05, 0) is 48.4 Å². The van der Waals surface area contributed by atoms with Gasteiger partial charge in [-0.25, -0.2) is 4.98 Å². The van der Waals surface area contributed by atoms with E-state index in [0.717, 1.165) is 47.9 Å². The Labute approximate surface area is 165 Å². The van der Waals surface area contributed by atoms with Crippen molar-refractivity contribution in [3.8, 4) is 5.75 Å². The molecule has 0 aliphatic carbocycles. The van der Waals surface area contributed by atoms with Crippen LogP contribution in [-0.2, 0) is 17.9 Å². The fourth-order valence-corrected chi connectivity index (χ4v) is 3.69. The van der Waals surface area contributed by atoms with E-state index >= 15 is 0 Å². The van der Waals surface area contributed by atoms with Crippen LogP contribution in [-0.4, -0.2) is 29.1 Å². The number of anilines is 2. The molecule has 1 aromatic heterocycles. The molecule has 28 heavy (non-hydrogen) atoms. The van der Waals surface area contributed by atoms with Crippen molar-refractivity contribution in [3.05, 3.63) is 48.3 Å². The zero-order chi connectivity index (χ0) is 19.7. The SMILES string of the molecule is COc1ccc(N2CCn3c(nc4cc(NC(=O)CC(C)C)ccc43)C2)cc1. The van der Waals surface area contributed by atoms with Crippen molar-refractivity contribution in [2.75, 3.05) is 23.9 Å². The molecule has 6 nitrogen and oxygen atoms in total. The van der Waals surface area contributed by atoms with Gasteiger partial charge in [-0.3, -0.25) is 4.79 Å². The monoisotopic (exact) mass is 378 g/mol. The number of imidazole rings is 1. The number of amides is 1. The minimum absolute atomic E-state index is 0.0454. The highest BCUT2D eigenvalue weighted by molar-refractivity contribution is 5.93. The Morgan fingerprint density at radius 1 is 1.18 bits per heavy atom. The second-order valence-corrected chi connectivity index (χ2v) is 7.65. The zero-order valence-corrected chi connectivity index (χ0v) is 16.6. The number of nitrogens with one attached hydrogen (secondary N) is 1. The predicted octanol–water partition coefficient (Wildman–Crippen LogP) is 4.05. The van der Waals surface area contributed by atoms with E-state index in [0.29, 0.717) is 12.3 Å². The molecule has 0 bridgehead atoms. The van der Waals surface area contributed by atoms with Crippen LogP contribution in [0.3, 0.4) is 0 Å². The summed E-state index contributed by atoms with van der Waals surface area (Å²) >= 11 is 0. The molecule has 0 radical (unpaired) electrons. The molecule has 3 aromatic rings. The smallest absolute Gasteiger partial charge is 0.224 e. The predicted molar refractivity (Wildman–Crippen MR) is 112 cm³/mol. The van der Waals surface area contributed by atoms with Gasteiger partial charge < -0.3 is 19.5 Å². The van der Waals surface area contributed by atoms with Crippen LogP contribution in [0.4, 0.5) is 11.4 Å². The average Bonchev–Trinajstić information content (AvgIpc) is 3.04. The molecule has 0 atom stereocenters. The van der Waals surface area contributed by atoms with E-state index in [9.17, 15) is 4.79 Å². The molecular formula is C22H26N4O2. The van der Waals surface area contributed by atoms with Gasteiger partial charge in [-0.1, -0.05) is 13.8 Å². The van der Waals surface area contributed by atoms with Crippen LogP contribution in [0.1, 0.15) is 26.1 Å². The van der Waals surface area contributed by atoms with E-state index < -0.39 is 0 Å². The largest absolute Gasteiger partial charge is 0.497 e. The summed E-state index contributed by atoms with van der Waals surface area (Å²) in [4.78, 5) is 19.2. The summed E-state index contributed by atoms with van der Waals surface area (Å²) in [6.07, 6.45) is 0.522. The first-order chi connectivity index (χ1) is 13.5. The van der Waals surface area contributed by atoms with Gasteiger partial charge in [0.25, 0.3) is 0 Å². The summed E-state index contributed by atoms with van der Waals surface area (Å²) in [6.45, 7) is 6.66. The minimum atomic E-state index is 0.0454. The van der Waals surface area contributed by atoms with Gasteiger partial charge >= 0.3 is 0 Å². The zero-order valence-electron chi connectivity index (χ0n) is 16.6. The maximum Gasteiger partial charge on any atom is 0.224 e. The van der Waals surface area contributed by atoms with E-state index in [-0.39, 0.29) is 5.91 Å². The molecule has 1 amide bonds. The van der Waals surface area contributed by atoms with Crippen LogP contribution in [0, 0.1) is 5.92 Å². The summed E-state index contributed by atoms with van der Waals surface area (Å²) in [5, 5.41) is 2.98. The van der Waals surface area contributed by atoms with Gasteiger partial charge in [0.15, 0.2) is 0 Å². The molecule has 1 aliphatic rings. The van der Waals surface area contributed by atoms with Gasteiger partial charge in [0.05, 0.1) is 24.7 Å². The number of aromatic nitrogens is 2. The van der Waals surface area contributed by atoms with Gasteiger partial charge in [-0.15, -0.1) is 0 Å². The highest BCUT2D eigenvalue weighted by Crippen LogP contribution is 2.27. The lowest BCUT2D eigenvalue weighted by molar-refractivity contribution is -0.116. The van der Waals surface area contributed by atoms with Gasteiger partial charge in [0.2, 0.25) is 5.91 Å². The number of carbonyl (C=O) groups excluding carboxylic acids is 1. The Morgan fingerprint density at radius 3 is 2.68 bits per heavy atom. The Hall–Kier alpha value is -3.02. The Kier molecular flexibility index (Phi) is 4.94. The summed E-state index contributed by atoms with van der Waals surface area (Å²) < 4.78 is 7.52. The molecule has 2 heterocycles. The molecule has 0 unspecified atom stereocenters. The number of carbonyl (C=O) groups is 1. The van der Waals surface area contributed by atoms with E-state index in [4.69, 9.17) is 9.72 Å². The third kappa shape index (κ3) is 3.67. The van der Waals surface area contributed by atoms with E-state index in [1.807, 2.05) is 38.1 Å². The molecule has 0 fully saturated rings. The third-order valence-corrected chi connectivity index (χ3v) is 5.07. The molecule has 0 spiro atoms. The molecule has 0 saturated heterocycles. The number of nitrogens with zero attached hydrogens (tertiary/aromatic N) is 3. The van der Waals surface area contributed by atoms with Crippen LogP contribution < -0.4 is 15.0 Å². The fourth-order valence-electron chi connectivity index (χ4n) is 3.69. The lowest BCUT2D eigenvalue weighted by Crippen LogP contribution is -2.33. The van der Waals surface area contributed by atoms with Gasteiger partial charge in [0.1, 0.15) is 11.6 Å². The van der Waals surface area contributed by atoms with Crippen molar-refractivity contribution in [1.29, 1.82) is 0 Å². The second kappa shape index (κ2) is 7.54. The first-order valence-corrected chi connectivity index (χ1v) is 9.71. The Balaban J connectivity index is 1.54. The molecule has 146 valence electrons. The summed E-state index contributed by atoms with van der Waals surface area (Å²) in [6, 6.07) is 14.1. The molecule has 2 aromatic carbocycles. The van der Waals surface area contributed by atoms with E-state index in [1.165, 1.54) is 5.69 Å². The minimum Gasteiger partial charge on any atom is -0.497 e. The number of ether oxygens (including phenoxy) is 1. The molecule has 6 heteroatoms. The molecule has 0 saturated carbocycles. The van der Waals surface area contributed by atoms with Gasteiger partial charge in [0, 0.05) is 30.9 Å². The van der Waals surface area contributed by atoms with Gasteiger partial charge in [-0.2, -0.15) is 0 Å². The quantitative estimate of drug-likeness (QED) is 0.728. The first-order valence-electron chi connectivity index (χ1n) is 9.71. The summed E-state index contributed by atoms with van der Waals surface area (Å²) in [5.41, 5.74) is 4.02. The lowest BCUT2D eigenvalue weighted by Gasteiger charge is -2.30. The number of methoxy groups -OCH3 is 1. The Morgan fingerprint density at radius 2 is 1.96 bits per heavy atom. The number of hydrogen-bond acceptors (Lipinski definition) is 4. The highest BCUT2D eigenvalue weighted by atomic mass is 16.5. The van der Waals surface area contributed by atoms with Crippen LogP contribution in [0.25, 0.3) is 11.0 Å². The van der Waals surface area contributed by atoms with E-state index in [2.05, 4.69) is 33.0 Å². The third-order valence-electron chi connectivity index (χ3n) is 5.07. The van der Waals surface area contributed by atoms with Crippen molar-refractivity contribution in [2.45, 2.75) is 33.4 Å². The van der Waals surface area contributed by atoms with Crippen molar-refractivity contribution >= 4 is 28.3 Å². The van der Waals surface area contributed by atoms with Crippen molar-refractivity contribution in [2.24, 2.45) is 5.92 Å². The number of hydrogen-bond donors (Lipinski definition) is 1. The van der Waals surface area contributed by atoms with Crippen LogP contribution in [0.15, 0.2) is 42.5 Å². The molecule has 1 aliphatic heterocycles. The highest BCUT2D eigenvalue weighted by Gasteiger charge is 2.20. The topological polar surface area (TPSA) is 59.4 Å². The first kappa shape index (κ1) is 18.3. The van der Waals surface area contributed by atoms with Crippen molar-refractivity contribution < 1.29 is 9.53 Å². The number of fused-ring (bicyclic) bond motifs is 3. The Bertz CT molecular complexity index is 992. The maximum atomic E-state index is 12.0. The standard InChI is InChI=1S/C22H26N4O2/c1-15(2)12-22(27)23-16-4-9-20-19(13-16)24-21-14-25(10-11-26(20)21)17-5-7-18(28-3)8-6-17/h4-9,13,15H,10-12,14H2,1-3H3,(H,23,27). The van der Waals surface area contributed by atoms with E-state index in [1.54, 1.807) is 7.11 Å². The maximum absolute atomic E-state index is 12.0. The summed E-state index contributed by atoms with van der Waals surface area (Å²) in [7, 11) is 1.68. The van der Waals surface area contributed by atoms with Crippen molar-refractivity contribution in [1.82, 2.24) is 9.55 Å². The lowest BCUT2D eigenvalue weighted by atomic mass is 10.1. The average molecular weight is 378 g/mol. The molecule has 1 N–H and O–H groups in total. The van der Waals surface area contributed by atoms with Crippen LogP contribution in [0.2, 0.25) is 0 Å². The second-order valence-electron chi connectivity index (χ2n) is 7.65. The number of rotatable bonds is 5. The van der Waals surface area contributed by atoms with Crippen molar-refractivity contribution in [3.63, 3.8) is 0 Å². The van der Waals surface area contributed by atoms with Crippen LogP contribution >= 0.6 is 0 Å².